The van der Waals surface area contributed by atoms with Gasteiger partial charge < -0.3 is 15.4 Å². The monoisotopic (exact) mass is 234 g/mol. The fourth-order valence-corrected chi connectivity index (χ4v) is 2.75. The number of ether oxygens (including phenoxy) is 1. The Morgan fingerprint density at radius 3 is 2.65 bits per heavy atom. The van der Waals surface area contributed by atoms with Crippen molar-refractivity contribution in [2.75, 3.05) is 27.2 Å². The Bertz CT molecular complexity index is 348. The molecule has 2 N–H and O–H groups in total. The maximum absolute atomic E-state index is 5.46. The molecule has 3 heteroatoms. The van der Waals surface area contributed by atoms with E-state index in [1.54, 1.807) is 7.11 Å². The summed E-state index contributed by atoms with van der Waals surface area (Å²) >= 11 is 0. The van der Waals surface area contributed by atoms with Crippen molar-refractivity contribution in [3.63, 3.8) is 0 Å². The zero-order chi connectivity index (χ0) is 12.1. The largest absolute Gasteiger partial charge is 0.496 e. The summed E-state index contributed by atoms with van der Waals surface area (Å²) in [5.41, 5.74) is 1.28. The molecule has 0 saturated carbocycles. The van der Waals surface area contributed by atoms with Gasteiger partial charge in [-0.05, 0) is 45.0 Å². The van der Waals surface area contributed by atoms with Gasteiger partial charge in [-0.3, -0.25) is 0 Å². The van der Waals surface area contributed by atoms with Crippen molar-refractivity contribution in [1.29, 1.82) is 0 Å². The topological polar surface area (TPSA) is 33.3 Å². The van der Waals surface area contributed by atoms with Crippen LogP contribution in [0.15, 0.2) is 24.3 Å². The van der Waals surface area contributed by atoms with E-state index >= 15 is 0 Å². The summed E-state index contributed by atoms with van der Waals surface area (Å²) in [5, 5.41) is 6.87. The standard InChI is InChI=1S/C14H22N2O/c1-15-14(11-7-9-16-10-8-11)12-5-3-4-6-13(12)17-2/h3-6,11,14-16H,7-10H2,1-2H3. The fraction of sp³-hybridized carbons (Fsp3) is 0.571. The molecule has 1 atom stereocenters. The van der Waals surface area contributed by atoms with Crippen molar-refractivity contribution in [2.45, 2.75) is 18.9 Å². The van der Waals surface area contributed by atoms with Crippen molar-refractivity contribution in [1.82, 2.24) is 10.6 Å². The molecule has 0 aliphatic carbocycles. The molecular weight excluding hydrogens is 212 g/mol. The molecule has 1 aromatic rings. The molecule has 1 fully saturated rings. The molecule has 1 aromatic carbocycles. The Hall–Kier alpha value is -1.06. The molecule has 1 heterocycles. The van der Waals surface area contributed by atoms with Crippen molar-refractivity contribution in [3.8, 4) is 5.75 Å². The van der Waals surface area contributed by atoms with Gasteiger partial charge in [0.15, 0.2) is 0 Å². The van der Waals surface area contributed by atoms with Crippen molar-refractivity contribution >= 4 is 0 Å². The normalized spacial score (nSPS) is 18.9. The maximum Gasteiger partial charge on any atom is 0.123 e. The van der Waals surface area contributed by atoms with E-state index in [4.69, 9.17) is 4.74 Å². The second-order valence-corrected chi connectivity index (χ2v) is 4.60. The third-order valence-electron chi connectivity index (χ3n) is 3.64. The van der Waals surface area contributed by atoms with E-state index in [0.717, 1.165) is 18.8 Å². The highest BCUT2D eigenvalue weighted by molar-refractivity contribution is 5.36. The number of rotatable bonds is 4. The number of hydrogen-bond acceptors (Lipinski definition) is 3. The van der Waals surface area contributed by atoms with Crippen LogP contribution in [0, 0.1) is 5.92 Å². The number of benzene rings is 1. The average Bonchev–Trinajstić information content (AvgIpc) is 2.41. The van der Waals surface area contributed by atoms with Gasteiger partial charge in [0.05, 0.1) is 7.11 Å². The molecule has 1 unspecified atom stereocenters. The first kappa shape index (κ1) is 12.4. The van der Waals surface area contributed by atoms with Crippen LogP contribution in [-0.2, 0) is 0 Å². The molecule has 0 spiro atoms. The molecule has 1 aliphatic heterocycles. The second-order valence-electron chi connectivity index (χ2n) is 4.60. The summed E-state index contributed by atoms with van der Waals surface area (Å²) in [4.78, 5) is 0. The summed E-state index contributed by atoms with van der Waals surface area (Å²) in [7, 11) is 3.78. The number of piperidine rings is 1. The highest BCUT2D eigenvalue weighted by Crippen LogP contribution is 2.33. The lowest BCUT2D eigenvalue weighted by Crippen LogP contribution is -2.35. The third-order valence-corrected chi connectivity index (χ3v) is 3.64. The maximum atomic E-state index is 5.46. The number of nitrogens with one attached hydrogen (secondary N) is 2. The number of hydrogen-bond donors (Lipinski definition) is 2. The predicted octanol–water partition coefficient (Wildman–Crippen LogP) is 1.96. The molecule has 0 aromatic heterocycles. The van der Waals surface area contributed by atoms with E-state index in [2.05, 4.69) is 22.8 Å². The molecule has 0 amide bonds. The first-order chi connectivity index (χ1) is 8.36. The van der Waals surface area contributed by atoms with Crippen LogP contribution >= 0.6 is 0 Å². The van der Waals surface area contributed by atoms with Gasteiger partial charge in [0.1, 0.15) is 5.75 Å². The minimum absolute atomic E-state index is 0.397. The van der Waals surface area contributed by atoms with E-state index in [-0.39, 0.29) is 0 Å². The molecular formula is C14H22N2O. The Labute approximate surface area is 104 Å². The first-order valence-electron chi connectivity index (χ1n) is 6.37. The molecule has 3 nitrogen and oxygen atoms in total. The zero-order valence-electron chi connectivity index (χ0n) is 10.7. The minimum Gasteiger partial charge on any atom is -0.496 e. The van der Waals surface area contributed by atoms with E-state index in [0.29, 0.717) is 12.0 Å². The van der Waals surface area contributed by atoms with Gasteiger partial charge in [-0.2, -0.15) is 0 Å². The van der Waals surface area contributed by atoms with Gasteiger partial charge in [0.25, 0.3) is 0 Å². The average molecular weight is 234 g/mol. The van der Waals surface area contributed by atoms with E-state index < -0.39 is 0 Å². The minimum atomic E-state index is 0.397. The van der Waals surface area contributed by atoms with Crippen molar-refractivity contribution in [3.05, 3.63) is 29.8 Å². The van der Waals surface area contributed by atoms with Crippen LogP contribution in [0.2, 0.25) is 0 Å². The fourth-order valence-electron chi connectivity index (χ4n) is 2.75. The van der Waals surface area contributed by atoms with Crippen LogP contribution in [0.3, 0.4) is 0 Å². The number of methoxy groups -OCH3 is 1. The second kappa shape index (κ2) is 6.03. The molecule has 0 radical (unpaired) electrons. The van der Waals surface area contributed by atoms with Crippen LogP contribution in [0.4, 0.5) is 0 Å². The zero-order valence-corrected chi connectivity index (χ0v) is 10.7. The lowest BCUT2D eigenvalue weighted by atomic mass is 9.85. The Morgan fingerprint density at radius 1 is 1.29 bits per heavy atom. The van der Waals surface area contributed by atoms with Gasteiger partial charge in [0, 0.05) is 11.6 Å². The smallest absolute Gasteiger partial charge is 0.123 e. The van der Waals surface area contributed by atoms with Gasteiger partial charge in [-0.15, -0.1) is 0 Å². The predicted molar refractivity (Wildman–Crippen MR) is 70.4 cm³/mol. The molecule has 1 aliphatic rings. The van der Waals surface area contributed by atoms with Crippen molar-refractivity contribution in [2.24, 2.45) is 5.92 Å². The van der Waals surface area contributed by atoms with Crippen LogP contribution in [0.1, 0.15) is 24.4 Å². The highest BCUT2D eigenvalue weighted by atomic mass is 16.5. The van der Waals surface area contributed by atoms with Gasteiger partial charge in [-0.25, -0.2) is 0 Å². The molecule has 94 valence electrons. The third kappa shape index (κ3) is 2.79. The lowest BCUT2D eigenvalue weighted by Gasteiger charge is -2.31. The Morgan fingerprint density at radius 2 is 2.00 bits per heavy atom. The van der Waals surface area contributed by atoms with Crippen LogP contribution in [0.5, 0.6) is 5.75 Å². The van der Waals surface area contributed by atoms with Crippen LogP contribution in [0.25, 0.3) is 0 Å². The van der Waals surface area contributed by atoms with E-state index in [9.17, 15) is 0 Å². The number of para-hydroxylation sites is 1. The summed E-state index contributed by atoms with van der Waals surface area (Å²) in [5.74, 6) is 1.68. The summed E-state index contributed by atoms with van der Waals surface area (Å²) < 4.78 is 5.46. The quantitative estimate of drug-likeness (QED) is 0.835. The Balaban J connectivity index is 2.21. The van der Waals surface area contributed by atoms with E-state index in [1.165, 1.54) is 18.4 Å². The van der Waals surface area contributed by atoms with E-state index in [1.807, 2.05) is 19.2 Å². The van der Waals surface area contributed by atoms with Gasteiger partial charge in [-0.1, -0.05) is 18.2 Å². The SMILES string of the molecule is CNC(c1ccccc1OC)C1CCNCC1. The van der Waals surface area contributed by atoms with Gasteiger partial charge >= 0.3 is 0 Å². The molecule has 1 saturated heterocycles. The van der Waals surface area contributed by atoms with Gasteiger partial charge in [0.2, 0.25) is 0 Å². The molecule has 2 rings (SSSR count). The first-order valence-corrected chi connectivity index (χ1v) is 6.37. The summed E-state index contributed by atoms with van der Waals surface area (Å²) in [6.07, 6.45) is 2.45. The molecule has 0 bridgehead atoms. The van der Waals surface area contributed by atoms with Crippen molar-refractivity contribution < 1.29 is 4.74 Å². The highest BCUT2D eigenvalue weighted by Gasteiger charge is 2.25. The lowest BCUT2D eigenvalue weighted by molar-refractivity contribution is 0.286. The molecule has 17 heavy (non-hydrogen) atoms. The summed E-state index contributed by atoms with van der Waals surface area (Å²) in [6, 6.07) is 8.72. The van der Waals surface area contributed by atoms with Crippen LogP contribution < -0.4 is 15.4 Å². The Kier molecular flexibility index (Phi) is 4.40. The summed E-state index contributed by atoms with van der Waals surface area (Å²) in [6.45, 7) is 2.25. The van der Waals surface area contributed by atoms with Crippen LogP contribution in [-0.4, -0.2) is 27.2 Å².